The third kappa shape index (κ3) is 3.42. The van der Waals surface area contributed by atoms with Gasteiger partial charge in [0.15, 0.2) is 0 Å². The lowest BCUT2D eigenvalue weighted by atomic mass is 9.99. The van der Waals surface area contributed by atoms with E-state index in [4.69, 9.17) is 11.6 Å². The van der Waals surface area contributed by atoms with Gasteiger partial charge in [-0.05, 0) is 31.5 Å². The Morgan fingerprint density at radius 2 is 2.32 bits per heavy atom. The van der Waals surface area contributed by atoms with Crippen LogP contribution in [0, 0.1) is 16.0 Å². The first-order valence-corrected chi connectivity index (χ1v) is 6.41. The number of rotatable bonds is 3. The minimum Gasteiger partial charge on any atom is -0.326 e. The minimum atomic E-state index is -0.557. The normalized spacial score (nSPS) is 18.9. The van der Waals surface area contributed by atoms with E-state index in [1.54, 1.807) is 0 Å². The Morgan fingerprint density at radius 1 is 1.53 bits per heavy atom. The summed E-state index contributed by atoms with van der Waals surface area (Å²) in [5.74, 6) is -0.153. The minimum absolute atomic E-state index is 0.0181. The molecule has 7 heteroatoms. The van der Waals surface area contributed by atoms with Crippen LogP contribution in [0.15, 0.2) is 18.2 Å². The zero-order chi connectivity index (χ0) is 13.8. The van der Waals surface area contributed by atoms with Crippen LogP contribution >= 0.6 is 11.6 Å². The van der Waals surface area contributed by atoms with E-state index < -0.39 is 4.92 Å². The van der Waals surface area contributed by atoms with Crippen LogP contribution in [-0.2, 0) is 4.79 Å². The van der Waals surface area contributed by atoms with Crippen molar-refractivity contribution in [2.45, 2.75) is 12.8 Å². The van der Waals surface area contributed by atoms with Gasteiger partial charge in [0.05, 0.1) is 10.8 Å². The molecule has 1 fully saturated rings. The van der Waals surface area contributed by atoms with E-state index in [2.05, 4.69) is 10.6 Å². The quantitative estimate of drug-likeness (QED) is 0.658. The Morgan fingerprint density at radius 3 is 2.89 bits per heavy atom. The Bertz CT molecular complexity index is 501. The smallest absolute Gasteiger partial charge is 0.288 e. The maximum atomic E-state index is 12.0. The van der Waals surface area contributed by atoms with E-state index in [0.29, 0.717) is 12.2 Å². The third-order valence-electron chi connectivity index (χ3n) is 3.08. The number of hydrogen-bond donors (Lipinski definition) is 2. The number of nitro benzene ring substituents is 1. The molecule has 1 heterocycles. The number of nitrogens with zero attached hydrogens (tertiary/aromatic N) is 1. The van der Waals surface area contributed by atoms with Crippen molar-refractivity contribution in [3.8, 4) is 0 Å². The van der Waals surface area contributed by atoms with Crippen molar-refractivity contribution in [2.75, 3.05) is 18.4 Å². The summed E-state index contributed by atoms with van der Waals surface area (Å²) >= 11 is 5.79. The van der Waals surface area contributed by atoms with E-state index in [9.17, 15) is 14.9 Å². The molecule has 0 radical (unpaired) electrons. The Hall–Kier alpha value is -1.66. The second kappa shape index (κ2) is 5.99. The zero-order valence-corrected chi connectivity index (χ0v) is 10.9. The molecule has 2 rings (SSSR count). The summed E-state index contributed by atoms with van der Waals surface area (Å²) in [6.45, 7) is 1.60. The first kappa shape index (κ1) is 13.8. The molecule has 6 nitrogen and oxygen atoms in total. The molecular formula is C12H14ClN3O3. The predicted octanol–water partition coefficient (Wildman–Crippen LogP) is 2.19. The fourth-order valence-corrected chi connectivity index (χ4v) is 2.30. The van der Waals surface area contributed by atoms with Crippen LogP contribution in [0.1, 0.15) is 12.8 Å². The number of amides is 1. The molecule has 0 unspecified atom stereocenters. The molecular weight excluding hydrogens is 270 g/mol. The molecule has 1 aromatic rings. The number of carbonyl (C=O) groups is 1. The van der Waals surface area contributed by atoms with Crippen LogP contribution < -0.4 is 10.6 Å². The van der Waals surface area contributed by atoms with Gasteiger partial charge in [-0.3, -0.25) is 14.9 Å². The van der Waals surface area contributed by atoms with Gasteiger partial charge in [-0.1, -0.05) is 11.6 Å². The van der Waals surface area contributed by atoms with Gasteiger partial charge in [0.25, 0.3) is 5.69 Å². The van der Waals surface area contributed by atoms with Gasteiger partial charge >= 0.3 is 0 Å². The molecule has 1 aromatic carbocycles. The summed E-state index contributed by atoms with van der Waals surface area (Å²) in [6, 6.07) is 4.17. The fraction of sp³-hybridized carbons (Fsp3) is 0.417. The molecule has 1 aliphatic rings. The van der Waals surface area contributed by atoms with Gasteiger partial charge in [0.2, 0.25) is 5.91 Å². The van der Waals surface area contributed by atoms with Crippen molar-refractivity contribution >= 4 is 28.9 Å². The summed E-state index contributed by atoms with van der Waals surface area (Å²) in [7, 11) is 0. The molecule has 0 bridgehead atoms. The van der Waals surface area contributed by atoms with Crippen molar-refractivity contribution in [3.05, 3.63) is 33.3 Å². The number of anilines is 1. The van der Waals surface area contributed by atoms with Crippen LogP contribution in [0.3, 0.4) is 0 Å². The monoisotopic (exact) mass is 283 g/mol. The van der Waals surface area contributed by atoms with E-state index in [1.807, 2.05) is 0 Å². The Labute approximate surface area is 115 Å². The largest absolute Gasteiger partial charge is 0.326 e. The van der Waals surface area contributed by atoms with Gasteiger partial charge in [-0.2, -0.15) is 0 Å². The van der Waals surface area contributed by atoms with Crippen LogP contribution in [0.25, 0.3) is 0 Å². The van der Waals surface area contributed by atoms with Crippen molar-refractivity contribution in [3.63, 3.8) is 0 Å². The number of benzene rings is 1. The predicted molar refractivity (Wildman–Crippen MR) is 72.3 cm³/mol. The molecule has 102 valence electrons. The number of nitrogens with one attached hydrogen (secondary N) is 2. The topological polar surface area (TPSA) is 84.3 Å². The SMILES string of the molecule is O=C(Nc1ccc([N+](=O)[O-])c(Cl)c1)[C@H]1CCCNC1. The van der Waals surface area contributed by atoms with E-state index >= 15 is 0 Å². The maximum Gasteiger partial charge on any atom is 0.288 e. The molecule has 0 saturated carbocycles. The molecule has 0 aromatic heterocycles. The van der Waals surface area contributed by atoms with Crippen LogP contribution in [0.2, 0.25) is 5.02 Å². The van der Waals surface area contributed by atoms with Gasteiger partial charge in [0.1, 0.15) is 5.02 Å². The lowest BCUT2D eigenvalue weighted by Crippen LogP contribution is -2.37. The van der Waals surface area contributed by atoms with Crippen molar-refractivity contribution in [2.24, 2.45) is 5.92 Å². The van der Waals surface area contributed by atoms with Gasteiger partial charge in [-0.15, -0.1) is 0 Å². The zero-order valence-electron chi connectivity index (χ0n) is 10.2. The number of hydrogen-bond acceptors (Lipinski definition) is 4. The summed E-state index contributed by atoms with van der Waals surface area (Å²) in [4.78, 5) is 22.0. The first-order valence-electron chi connectivity index (χ1n) is 6.03. The second-order valence-electron chi connectivity index (χ2n) is 4.46. The molecule has 0 spiro atoms. The van der Waals surface area contributed by atoms with Gasteiger partial charge in [0, 0.05) is 18.3 Å². The van der Waals surface area contributed by atoms with Crippen LogP contribution in [0.4, 0.5) is 11.4 Å². The maximum absolute atomic E-state index is 12.0. The second-order valence-corrected chi connectivity index (χ2v) is 4.86. The molecule has 1 amide bonds. The first-order chi connectivity index (χ1) is 9.08. The summed E-state index contributed by atoms with van der Waals surface area (Å²) in [5, 5.41) is 16.5. The standard InChI is InChI=1S/C12H14ClN3O3/c13-10-6-9(3-4-11(10)16(18)19)15-12(17)8-2-1-5-14-7-8/h3-4,6,8,14H,1-2,5,7H2,(H,15,17)/t8-/m0/s1. The number of piperidine rings is 1. The number of nitro groups is 1. The highest BCUT2D eigenvalue weighted by Crippen LogP contribution is 2.27. The fourth-order valence-electron chi connectivity index (χ4n) is 2.05. The van der Waals surface area contributed by atoms with E-state index in [1.165, 1.54) is 18.2 Å². The molecule has 19 heavy (non-hydrogen) atoms. The highest BCUT2D eigenvalue weighted by atomic mass is 35.5. The third-order valence-corrected chi connectivity index (χ3v) is 3.38. The lowest BCUT2D eigenvalue weighted by molar-refractivity contribution is -0.384. The Kier molecular flexibility index (Phi) is 4.34. The molecule has 1 atom stereocenters. The molecule has 1 saturated heterocycles. The molecule has 0 aliphatic carbocycles. The average molecular weight is 284 g/mol. The highest BCUT2D eigenvalue weighted by Gasteiger charge is 2.21. The van der Waals surface area contributed by atoms with Crippen LogP contribution in [0.5, 0.6) is 0 Å². The number of carbonyl (C=O) groups excluding carboxylic acids is 1. The lowest BCUT2D eigenvalue weighted by Gasteiger charge is -2.21. The van der Waals surface area contributed by atoms with Gasteiger partial charge < -0.3 is 10.6 Å². The summed E-state index contributed by atoms with van der Waals surface area (Å²) < 4.78 is 0. The number of halogens is 1. The molecule has 2 N–H and O–H groups in total. The molecule has 1 aliphatic heterocycles. The van der Waals surface area contributed by atoms with E-state index in [0.717, 1.165) is 19.4 Å². The van der Waals surface area contributed by atoms with Crippen LogP contribution in [-0.4, -0.2) is 23.9 Å². The van der Waals surface area contributed by atoms with Gasteiger partial charge in [-0.25, -0.2) is 0 Å². The van der Waals surface area contributed by atoms with Crippen molar-refractivity contribution in [1.82, 2.24) is 5.32 Å². The summed E-state index contributed by atoms with van der Waals surface area (Å²) in [5.41, 5.74) is 0.310. The highest BCUT2D eigenvalue weighted by molar-refractivity contribution is 6.33. The van der Waals surface area contributed by atoms with Crippen molar-refractivity contribution in [1.29, 1.82) is 0 Å². The Balaban J connectivity index is 2.04. The average Bonchev–Trinajstić information content (AvgIpc) is 2.39. The van der Waals surface area contributed by atoms with Crippen molar-refractivity contribution < 1.29 is 9.72 Å². The summed E-state index contributed by atoms with van der Waals surface area (Å²) in [6.07, 6.45) is 1.82. The van der Waals surface area contributed by atoms with E-state index in [-0.39, 0.29) is 22.5 Å².